The summed E-state index contributed by atoms with van der Waals surface area (Å²) >= 11 is -0.991. The first-order valence-corrected chi connectivity index (χ1v) is 8.89. The molecule has 1 spiro atoms. The lowest BCUT2D eigenvalue weighted by atomic mass is 9.73. The molecule has 21 heavy (non-hydrogen) atoms. The predicted molar refractivity (Wildman–Crippen MR) is 81.1 cm³/mol. The van der Waals surface area contributed by atoms with Crippen LogP contribution in [0.4, 0.5) is 4.79 Å². The summed E-state index contributed by atoms with van der Waals surface area (Å²) in [5, 5.41) is 19.3. The molecule has 0 aromatic carbocycles. The number of quaternary nitrogens is 1. The average molecular weight is 319 g/mol. The van der Waals surface area contributed by atoms with Gasteiger partial charge in [-0.15, -0.1) is 3.89 Å². The van der Waals surface area contributed by atoms with Gasteiger partial charge in [-0.1, -0.05) is 0 Å². The number of carbonyl (C=O) groups is 1. The zero-order valence-corrected chi connectivity index (χ0v) is 13.9. The summed E-state index contributed by atoms with van der Waals surface area (Å²) in [5.74, 6) is 0.594. The molecule has 1 aliphatic heterocycles. The molecule has 2 fully saturated rings. The molecule has 2 aliphatic rings. The summed E-state index contributed by atoms with van der Waals surface area (Å²) in [6, 6.07) is 0.129. The summed E-state index contributed by atoms with van der Waals surface area (Å²) in [4.78, 5) is 12.5. The van der Waals surface area contributed by atoms with Gasteiger partial charge in [-0.05, 0) is 26.2 Å². The van der Waals surface area contributed by atoms with Gasteiger partial charge in [0.2, 0.25) is 0 Å². The standard InChI is InChI=1S/C14H26N2O4S/c1-4-21(20)16(2,3)12-9-11(17)10-14(12)5-7-15(8-6-14)13(18)19/h11-12,17H,4-10H2,1-3H3/p+1/t11?,12?,21-/m1/s1. The molecule has 6 nitrogen and oxygen atoms in total. The lowest BCUT2D eigenvalue weighted by Crippen LogP contribution is -2.60. The molecule has 0 aromatic heterocycles. The van der Waals surface area contributed by atoms with Crippen LogP contribution in [0.2, 0.25) is 0 Å². The van der Waals surface area contributed by atoms with Crippen LogP contribution in [0.15, 0.2) is 0 Å². The first-order valence-electron chi connectivity index (χ1n) is 7.61. The third kappa shape index (κ3) is 3.02. The molecular formula is C14H27N2O4S+. The minimum Gasteiger partial charge on any atom is -0.566 e. The minimum atomic E-state index is -0.991. The van der Waals surface area contributed by atoms with Crippen LogP contribution in [0, 0.1) is 5.41 Å². The second-order valence-electron chi connectivity index (χ2n) is 6.79. The number of aliphatic hydroxyl groups is 1. The number of rotatable bonds is 3. The van der Waals surface area contributed by atoms with Crippen LogP contribution < -0.4 is 0 Å². The first-order chi connectivity index (χ1) is 9.73. The third-order valence-electron chi connectivity index (χ3n) is 5.40. The van der Waals surface area contributed by atoms with Gasteiger partial charge in [0.25, 0.3) is 0 Å². The van der Waals surface area contributed by atoms with E-state index in [9.17, 15) is 14.5 Å². The molecule has 2 unspecified atom stereocenters. The van der Waals surface area contributed by atoms with Gasteiger partial charge in [-0.2, -0.15) is 0 Å². The molecule has 1 saturated heterocycles. The van der Waals surface area contributed by atoms with Crippen molar-refractivity contribution in [1.29, 1.82) is 0 Å². The van der Waals surface area contributed by atoms with E-state index in [1.54, 1.807) is 0 Å². The average Bonchev–Trinajstić information content (AvgIpc) is 2.75. The quantitative estimate of drug-likeness (QED) is 0.601. The number of hydrogen-bond donors (Lipinski definition) is 2. The molecule has 3 atom stereocenters. The minimum absolute atomic E-state index is 0.0836. The predicted octanol–water partition coefficient (Wildman–Crippen LogP) is 1.03. The summed E-state index contributed by atoms with van der Waals surface area (Å²) in [6.45, 7) is 2.94. The van der Waals surface area contributed by atoms with E-state index in [1.165, 1.54) is 4.90 Å². The van der Waals surface area contributed by atoms with Crippen molar-refractivity contribution in [2.45, 2.75) is 44.8 Å². The van der Waals surface area contributed by atoms with E-state index in [0.29, 0.717) is 35.6 Å². The highest BCUT2D eigenvalue weighted by atomic mass is 32.2. The zero-order chi connectivity index (χ0) is 15.8. The highest BCUT2D eigenvalue weighted by molar-refractivity contribution is 7.85. The molecule has 122 valence electrons. The van der Waals surface area contributed by atoms with Gasteiger partial charge in [0.1, 0.15) is 31.5 Å². The van der Waals surface area contributed by atoms with E-state index in [-0.39, 0.29) is 17.6 Å². The first kappa shape index (κ1) is 16.9. The lowest BCUT2D eigenvalue weighted by Gasteiger charge is -2.46. The Hall–Kier alpha value is -0.500. The van der Waals surface area contributed by atoms with Crippen molar-refractivity contribution in [2.24, 2.45) is 5.41 Å². The van der Waals surface area contributed by atoms with E-state index < -0.39 is 17.5 Å². The maximum absolute atomic E-state index is 12.4. The van der Waals surface area contributed by atoms with Crippen LogP contribution in [0.5, 0.6) is 0 Å². The molecule has 2 rings (SSSR count). The SMILES string of the molecule is CC[S@@+]([O-])[N+](C)(C)C1CC(O)CC12CCN(C(=O)O)CC2. The maximum Gasteiger partial charge on any atom is 0.407 e. The summed E-state index contributed by atoms with van der Waals surface area (Å²) < 4.78 is 12.8. The summed E-state index contributed by atoms with van der Waals surface area (Å²) in [6.07, 6.45) is 1.63. The number of nitrogens with zero attached hydrogens (tertiary/aromatic N) is 2. The van der Waals surface area contributed by atoms with E-state index in [1.807, 2.05) is 21.0 Å². The number of likely N-dealkylation sites (tertiary alicyclic amines) is 1. The second kappa shape index (κ2) is 5.95. The number of amides is 1. The van der Waals surface area contributed by atoms with Crippen LogP contribution in [-0.4, -0.2) is 74.7 Å². The maximum atomic E-state index is 12.4. The van der Waals surface area contributed by atoms with E-state index in [4.69, 9.17) is 5.11 Å². The summed E-state index contributed by atoms with van der Waals surface area (Å²) in [7, 11) is 3.96. The van der Waals surface area contributed by atoms with Gasteiger partial charge in [0.05, 0.1) is 6.10 Å². The van der Waals surface area contributed by atoms with Crippen LogP contribution in [-0.2, 0) is 11.4 Å². The van der Waals surface area contributed by atoms with Crippen LogP contribution in [0.1, 0.15) is 32.6 Å². The Kier molecular flexibility index (Phi) is 4.78. The molecular weight excluding hydrogens is 292 g/mol. The van der Waals surface area contributed by atoms with Crippen LogP contribution >= 0.6 is 0 Å². The smallest absolute Gasteiger partial charge is 0.407 e. The molecule has 2 N–H and O–H groups in total. The van der Waals surface area contributed by atoms with E-state index >= 15 is 0 Å². The van der Waals surface area contributed by atoms with Gasteiger partial charge < -0.3 is 19.7 Å². The molecule has 7 heteroatoms. The van der Waals surface area contributed by atoms with Crippen molar-refractivity contribution in [1.82, 2.24) is 4.90 Å². The van der Waals surface area contributed by atoms with Crippen LogP contribution in [0.3, 0.4) is 0 Å². The molecule has 1 heterocycles. The van der Waals surface area contributed by atoms with Crippen molar-refractivity contribution in [3.63, 3.8) is 0 Å². The molecule has 1 amide bonds. The Bertz CT molecular complexity index is 396. The fourth-order valence-electron chi connectivity index (χ4n) is 4.27. The van der Waals surface area contributed by atoms with Crippen molar-refractivity contribution in [3.05, 3.63) is 0 Å². The zero-order valence-electron chi connectivity index (χ0n) is 13.1. The molecule has 0 bridgehead atoms. The number of hydrogen-bond acceptors (Lipinski definition) is 3. The molecule has 1 saturated carbocycles. The monoisotopic (exact) mass is 319 g/mol. The number of piperidine rings is 1. The highest BCUT2D eigenvalue weighted by Crippen LogP contribution is 2.51. The topological polar surface area (TPSA) is 83.8 Å². The molecule has 1 aliphatic carbocycles. The van der Waals surface area contributed by atoms with E-state index in [0.717, 1.165) is 12.8 Å². The van der Waals surface area contributed by atoms with Gasteiger partial charge in [0, 0.05) is 24.9 Å². The second-order valence-corrected chi connectivity index (χ2v) is 8.95. The molecule has 0 aromatic rings. The van der Waals surface area contributed by atoms with Crippen molar-refractivity contribution in [3.8, 4) is 0 Å². The van der Waals surface area contributed by atoms with Crippen LogP contribution in [0.25, 0.3) is 0 Å². The van der Waals surface area contributed by atoms with Gasteiger partial charge in [0.15, 0.2) is 5.75 Å². The Morgan fingerprint density at radius 2 is 2.00 bits per heavy atom. The Morgan fingerprint density at radius 3 is 2.48 bits per heavy atom. The van der Waals surface area contributed by atoms with E-state index in [2.05, 4.69) is 0 Å². The van der Waals surface area contributed by atoms with Gasteiger partial charge in [-0.25, -0.2) is 4.79 Å². The Labute approximate surface area is 129 Å². The third-order valence-corrected chi connectivity index (χ3v) is 7.19. The van der Waals surface area contributed by atoms with Crippen molar-refractivity contribution in [2.75, 3.05) is 32.9 Å². The van der Waals surface area contributed by atoms with Crippen molar-refractivity contribution >= 4 is 17.5 Å². The Balaban J connectivity index is 2.19. The number of carboxylic acid groups (broad SMARTS) is 1. The lowest BCUT2D eigenvalue weighted by molar-refractivity contribution is -0.801. The summed E-state index contributed by atoms with van der Waals surface area (Å²) in [5.41, 5.74) is -0.0836. The van der Waals surface area contributed by atoms with Gasteiger partial charge in [-0.3, -0.25) is 0 Å². The normalized spacial score (nSPS) is 30.6. The molecule has 0 radical (unpaired) electrons. The Morgan fingerprint density at radius 1 is 1.43 bits per heavy atom. The van der Waals surface area contributed by atoms with Gasteiger partial charge >= 0.3 is 6.09 Å². The largest absolute Gasteiger partial charge is 0.566 e. The van der Waals surface area contributed by atoms with Crippen molar-refractivity contribution < 1.29 is 23.4 Å². The number of aliphatic hydroxyl groups excluding tert-OH is 1. The fraction of sp³-hybridized carbons (Fsp3) is 0.929. The highest BCUT2D eigenvalue weighted by Gasteiger charge is 2.59. The fourth-order valence-corrected chi connectivity index (χ4v) is 5.52.